The minimum atomic E-state index is -0.315. The van der Waals surface area contributed by atoms with Gasteiger partial charge in [-0.05, 0) is 54.3 Å². The number of nitrogens with two attached hydrogens (primary N) is 2. The molecule has 0 unspecified atom stereocenters. The van der Waals surface area contributed by atoms with Gasteiger partial charge in [-0.3, -0.25) is 0 Å². The molecule has 0 atom stereocenters. The van der Waals surface area contributed by atoms with Gasteiger partial charge in [-0.25, -0.2) is 4.79 Å². The van der Waals surface area contributed by atoms with Gasteiger partial charge in [0.05, 0.1) is 5.71 Å². The summed E-state index contributed by atoms with van der Waals surface area (Å²) in [5, 5.41) is 13.2. The fourth-order valence-electron chi connectivity index (χ4n) is 2.82. The fraction of sp³-hybridized carbons (Fsp3) is 0.0870. The Hall–Kier alpha value is -4.13. The Morgan fingerprint density at radius 1 is 0.767 bits per heavy atom. The molecule has 3 aromatic rings. The summed E-state index contributed by atoms with van der Waals surface area (Å²) < 4.78 is 0. The second kappa shape index (κ2) is 9.88. The molecule has 0 radical (unpaired) electrons. The lowest BCUT2D eigenvalue weighted by Gasteiger charge is -2.09. The number of benzene rings is 3. The first-order valence-electron chi connectivity index (χ1n) is 9.44. The number of carbonyl (C=O) groups is 1. The van der Waals surface area contributed by atoms with Gasteiger partial charge in [-0.2, -0.15) is 5.10 Å². The lowest BCUT2D eigenvalue weighted by Crippen LogP contribution is -2.22. The molecule has 6 N–H and O–H groups in total. The van der Waals surface area contributed by atoms with E-state index in [0.717, 1.165) is 17.7 Å². The number of nitrogens with zero attached hydrogens (tertiary/aromatic N) is 2. The van der Waals surface area contributed by atoms with E-state index in [1.807, 2.05) is 54.6 Å². The second-order valence-corrected chi connectivity index (χ2v) is 6.73. The Labute approximate surface area is 175 Å². The SMILES string of the molecule is C/C(=N\N=C(N)N)c1ccc(NC(=O)Nc2ccc(Cc3ccccc3)cc2)cc1. The first-order chi connectivity index (χ1) is 14.5. The molecule has 0 aliphatic heterocycles. The Kier molecular flexibility index (Phi) is 6.78. The van der Waals surface area contributed by atoms with E-state index in [0.29, 0.717) is 11.4 Å². The normalized spacial score (nSPS) is 10.9. The predicted molar refractivity (Wildman–Crippen MR) is 123 cm³/mol. The van der Waals surface area contributed by atoms with Crippen LogP contribution in [0, 0.1) is 0 Å². The number of hydrogen-bond acceptors (Lipinski definition) is 3. The molecule has 0 fully saturated rings. The number of nitrogens with one attached hydrogen (secondary N) is 2. The van der Waals surface area contributed by atoms with Gasteiger partial charge in [0.15, 0.2) is 0 Å². The standard InChI is InChI=1S/C23H24N6O/c1-16(28-29-22(24)25)19-9-13-21(14-10-19)27-23(30)26-20-11-7-18(8-12-20)15-17-5-3-2-4-6-17/h2-14H,15H2,1H3,(H4,24,25,29)(H2,26,27,30)/b28-16+. The maximum Gasteiger partial charge on any atom is 0.323 e. The van der Waals surface area contributed by atoms with E-state index in [4.69, 9.17) is 11.5 Å². The van der Waals surface area contributed by atoms with E-state index in [1.54, 1.807) is 19.1 Å². The van der Waals surface area contributed by atoms with Crippen LogP contribution in [-0.4, -0.2) is 17.7 Å². The van der Waals surface area contributed by atoms with Gasteiger partial charge in [-0.15, -0.1) is 5.10 Å². The number of anilines is 2. The molecule has 0 spiro atoms. The molecule has 0 heterocycles. The highest BCUT2D eigenvalue weighted by Gasteiger charge is 2.04. The second-order valence-electron chi connectivity index (χ2n) is 6.73. The molecule has 7 nitrogen and oxygen atoms in total. The lowest BCUT2D eigenvalue weighted by atomic mass is 10.0. The Balaban J connectivity index is 1.55. The Morgan fingerprint density at radius 3 is 1.87 bits per heavy atom. The van der Waals surface area contributed by atoms with Crippen LogP contribution in [0.5, 0.6) is 0 Å². The number of guanidine groups is 1. The topological polar surface area (TPSA) is 118 Å². The molecule has 2 amide bonds. The zero-order valence-electron chi connectivity index (χ0n) is 16.7. The molecule has 0 aromatic heterocycles. The first kappa shape index (κ1) is 20.6. The van der Waals surface area contributed by atoms with Gasteiger partial charge >= 0.3 is 6.03 Å². The van der Waals surface area contributed by atoms with Crippen molar-refractivity contribution in [2.45, 2.75) is 13.3 Å². The van der Waals surface area contributed by atoms with Gasteiger partial charge in [0.25, 0.3) is 0 Å². The van der Waals surface area contributed by atoms with Gasteiger partial charge in [0.2, 0.25) is 5.96 Å². The molecular formula is C23H24N6O. The van der Waals surface area contributed by atoms with Crippen molar-refractivity contribution in [2.75, 3.05) is 10.6 Å². The summed E-state index contributed by atoms with van der Waals surface area (Å²) in [6.45, 7) is 1.79. The van der Waals surface area contributed by atoms with E-state index >= 15 is 0 Å². The van der Waals surface area contributed by atoms with Gasteiger partial charge in [0, 0.05) is 11.4 Å². The van der Waals surface area contributed by atoms with Crippen LogP contribution in [0.3, 0.4) is 0 Å². The first-order valence-corrected chi connectivity index (χ1v) is 9.44. The molecule has 3 aromatic carbocycles. The molecule has 0 saturated heterocycles. The summed E-state index contributed by atoms with van der Waals surface area (Å²) in [6.07, 6.45) is 0.853. The highest BCUT2D eigenvalue weighted by molar-refractivity contribution is 6.01. The third-order valence-electron chi connectivity index (χ3n) is 4.34. The summed E-state index contributed by atoms with van der Waals surface area (Å²) in [5.41, 5.74) is 15.9. The summed E-state index contributed by atoms with van der Waals surface area (Å²) in [4.78, 5) is 12.3. The van der Waals surface area contributed by atoms with Crippen molar-refractivity contribution in [3.63, 3.8) is 0 Å². The van der Waals surface area contributed by atoms with Crippen LogP contribution in [0.1, 0.15) is 23.6 Å². The predicted octanol–water partition coefficient (Wildman–Crippen LogP) is 3.92. The van der Waals surface area contributed by atoms with E-state index in [2.05, 4.69) is 33.0 Å². The molecule has 7 heteroatoms. The molecule has 0 aliphatic rings. The smallest absolute Gasteiger partial charge is 0.323 e. The van der Waals surface area contributed by atoms with Crippen LogP contribution in [0.4, 0.5) is 16.2 Å². The van der Waals surface area contributed by atoms with Crippen LogP contribution in [-0.2, 0) is 6.42 Å². The van der Waals surface area contributed by atoms with Crippen LogP contribution < -0.4 is 22.1 Å². The number of hydrogen-bond donors (Lipinski definition) is 4. The third kappa shape index (κ3) is 6.20. The molecule has 3 rings (SSSR count). The monoisotopic (exact) mass is 400 g/mol. The van der Waals surface area contributed by atoms with E-state index in [-0.39, 0.29) is 12.0 Å². The van der Waals surface area contributed by atoms with Crippen molar-refractivity contribution < 1.29 is 4.79 Å². The number of amides is 2. The third-order valence-corrected chi connectivity index (χ3v) is 4.34. The van der Waals surface area contributed by atoms with Crippen molar-refractivity contribution in [3.8, 4) is 0 Å². The molecule has 152 valence electrons. The minimum absolute atomic E-state index is 0.0996. The highest BCUT2D eigenvalue weighted by atomic mass is 16.2. The Bertz CT molecular complexity index is 1040. The van der Waals surface area contributed by atoms with E-state index in [9.17, 15) is 4.79 Å². The van der Waals surface area contributed by atoms with E-state index < -0.39 is 0 Å². The molecule has 0 aliphatic carbocycles. The maximum atomic E-state index is 12.3. The summed E-state index contributed by atoms with van der Waals surface area (Å²) in [5.74, 6) is -0.0996. The van der Waals surface area contributed by atoms with Crippen LogP contribution >= 0.6 is 0 Å². The average Bonchev–Trinajstić information content (AvgIpc) is 2.74. The maximum absolute atomic E-state index is 12.3. The Morgan fingerprint density at radius 2 is 1.30 bits per heavy atom. The number of rotatable bonds is 6. The van der Waals surface area contributed by atoms with Crippen molar-refractivity contribution >= 4 is 29.1 Å². The molecular weight excluding hydrogens is 376 g/mol. The minimum Gasteiger partial charge on any atom is -0.369 e. The summed E-state index contributed by atoms with van der Waals surface area (Å²) in [7, 11) is 0. The van der Waals surface area contributed by atoms with Gasteiger partial charge in [0.1, 0.15) is 0 Å². The zero-order valence-corrected chi connectivity index (χ0v) is 16.7. The number of carbonyl (C=O) groups excluding carboxylic acids is 1. The summed E-state index contributed by atoms with van der Waals surface area (Å²) >= 11 is 0. The van der Waals surface area contributed by atoms with Crippen molar-refractivity contribution in [2.24, 2.45) is 21.7 Å². The largest absolute Gasteiger partial charge is 0.369 e. The van der Waals surface area contributed by atoms with Crippen LogP contribution in [0.25, 0.3) is 0 Å². The van der Waals surface area contributed by atoms with Crippen molar-refractivity contribution in [1.29, 1.82) is 0 Å². The highest BCUT2D eigenvalue weighted by Crippen LogP contribution is 2.15. The quantitative estimate of drug-likeness (QED) is 0.285. The van der Waals surface area contributed by atoms with Crippen LogP contribution in [0.2, 0.25) is 0 Å². The van der Waals surface area contributed by atoms with Crippen molar-refractivity contribution in [1.82, 2.24) is 0 Å². The lowest BCUT2D eigenvalue weighted by molar-refractivity contribution is 0.262. The number of urea groups is 1. The molecule has 0 bridgehead atoms. The molecule has 30 heavy (non-hydrogen) atoms. The van der Waals surface area contributed by atoms with Crippen LogP contribution in [0.15, 0.2) is 89.1 Å². The fourth-order valence-corrected chi connectivity index (χ4v) is 2.82. The average molecular weight is 400 g/mol. The van der Waals surface area contributed by atoms with Crippen molar-refractivity contribution in [3.05, 3.63) is 95.6 Å². The van der Waals surface area contributed by atoms with Gasteiger partial charge in [-0.1, -0.05) is 54.6 Å². The van der Waals surface area contributed by atoms with E-state index in [1.165, 1.54) is 11.1 Å². The van der Waals surface area contributed by atoms with Gasteiger partial charge < -0.3 is 22.1 Å². The molecule has 0 saturated carbocycles. The summed E-state index contributed by atoms with van der Waals surface area (Å²) in [6, 6.07) is 25.0. The zero-order chi connectivity index (χ0) is 21.3.